The van der Waals surface area contributed by atoms with Crippen molar-refractivity contribution in [2.45, 2.75) is 26.3 Å². The zero-order chi connectivity index (χ0) is 14.5. The Hall–Kier alpha value is -1.88. The van der Waals surface area contributed by atoms with Gasteiger partial charge in [0, 0.05) is 11.8 Å². The van der Waals surface area contributed by atoms with Crippen molar-refractivity contribution in [3.63, 3.8) is 0 Å². The number of rotatable bonds is 5. The molecule has 0 amide bonds. The highest BCUT2D eigenvalue weighted by molar-refractivity contribution is 5.29. The highest BCUT2D eigenvalue weighted by Gasteiger charge is 2.19. The van der Waals surface area contributed by atoms with Gasteiger partial charge in [-0.1, -0.05) is 6.92 Å². The molecule has 0 bridgehead atoms. The highest BCUT2D eigenvalue weighted by Crippen LogP contribution is 2.24. The Kier molecular flexibility index (Phi) is 4.74. The third-order valence-electron chi connectivity index (χ3n) is 2.96. The van der Waals surface area contributed by atoms with Crippen molar-refractivity contribution in [2.75, 3.05) is 6.54 Å². The minimum atomic E-state index is -0.479. The molecule has 1 unspecified atom stereocenters. The summed E-state index contributed by atoms with van der Waals surface area (Å²) in [5.74, 6) is -0.311. The number of nitrogens with zero attached hydrogens (tertiary/aromatic N) is 2. The molecule has 1 N–H and O–H groups in total. The van der Waals surface area contributed by atoms with Gasteiger partial charge in [-0.05, 0) is 44.2 Å². The van der Waals surface area contributed by atoms with Crippen LogP contribution in [0.2, 0.25) is 0 Å². The van der Waals surface area contributed by atoms with Crippen LogP contribution < -0.4 is 5.32 Å². The van der Waals surface area contributed by atoms with Gasteiger partial charge >= 0.3 is 0 Å². The minimum Gasteiger partial charge on any atom is -0.305 e. The van der Waals surface area contributed by atoms with Crippen LogP contribution >= 0.6 is 0 Å². The number of nitrogens with one attached hydrogen (secondary N) is 1. The first kappa shape index (κ1) is 14.5. The molecule has 0 aliphatic rings. The molecule has 2 rings (SSSR count). The first-order valence-corrected chi connectivity index (χ1v) is 6.59. The molecule has 1 atom stereocenters. The molecule has 5 heteroatoms. The molecule has 1 heterocycles. The third kappa shape index (κ3) is 3.36. The van der Waals surface area contributed by atoms with E-state index in [1.165, 1.54) is 6.07 Å². The van der Waals surface area contributed by atoms with E-state index in [4.69, 9.17) is 0 Å². The standard InChI is InChI=1S/C15H17F2N3/c1-3-7-19-15(14-6-8-18-10(2)20-14)12-9-11(16)4-5-13(12)17/h4-6,8-9,15,19H,3,7H2,1-2H3. The molecule has 1 aromatic heterocycles. The Balaban J connectivity index is 2.44. The van der Waals surface area contributed by atoms with Gasteiger partial charge < -0.3 is 5.32 Å². The van der Waals surface area contributed by atoms with Crippen molar-refractivity contribution < 1.29 is 8.78 Å². The van der Waals surface area contributed by atoms with Crippen LogP contribution in [0.4, 0.5) is 8.78 Å². The number of halogens is 2. The van der Waals surface area contributed by atoms with Crippen molar-refractivity contribution >= 4 is 0 Å². The SMILES string of the molecule is CCCNC(c1ccnc(C)n1)c1cc(F)ccc1F. The third-order valence-corrected chi connectivity index (χ3v) is 2.96. The summed E-state index contributed by atoms with van der Waals surface area (Å²) in [7, 11) is 0. The molecule has 106 valence electrons. The van der Waals surface area contributed by atoms with Crippen LogP contribution in [0.5, 0.6) is 0 Å². The van der Waals surface area contributed by atoms with Crippen LogP contribution in [-0.2, 0) is 0 Å². The predicted octanol–water partition coefficient (Wildman–Crippen LogP) is 3.15. The molecule has 3 nitrogen and oxygen atoms in total. The fraction of sp³-hybridized carbons (Fsp3) is 0.333. The van der Waals surface area contributed by atoms with E-state index in [-0.39, 0.29) is 5.56 Å². The van der Waals surface area contributed by atoms with E-state index in [0.717, 1.165) is 18.6 Å². The lowest BCUT2D eigenvalue weighted by Gasteiger charge is -2.19. The van der Waals surface area contributed by atoms with Gasteiger partial charge in [0.2, 0.25) is 0 Å². The van der Waals surface area contributed by atoms with E-state index in [2.05, 4.69) is 15.3 Å². The second kappa shape index (κ2) is 6.52. The van der Waals surface area contributed by atoms with E-state index in [0.29, 0.717) is 18.1 Å². The van der Waals surface area contributed by atoms with Gasteiger partial charge in [0.1, 0.15) is 17.5 Å². The lowest BCUT2D eigenvalue weighted by Crippen LogP contribution is -2.25. The molecule has 0 saturated heterocycles. The van der Waals surface area contributed by atoms with Crippen LogP contribution in [0.1, 0.15) is 36.5 Å². The van der Waals surface area contributed by atoms with Crippen molar-refractivity contribution in [1.82, 2.24) is 15.3 Å². The first-order valence-electron chi connectivity index (χ1n) is 6.59. The second-order valence-corrected chi connectivity index (χ2v) is 4.58. The molecule has 0 saturated carbocycles. The Bertz CT molecular complexity index is 587. The molecular weight excluding hydrogens is 260 g/mol. The topological polar surface area (TPSA) is 37.8 Å². The number of aryl methyl sites for hydroxylation is 1. The lowest BCUT2D eigenvalue weighted by atomic mass is 10.0. The summed E-state index contributed by atoms with van der Waals surface area (Å²) in [6.07, 6.45) is 2.51. The molecule has 20 heavy (non-hydrogen) atoms. The fourth-order valence-corrected chi connectivity index (χ4v) is 2.03. The molecule has 0 fully saturated rings. The van der Waals surface area contributed by atoms with Crippen LogP contribution in [0.3, 0.4) is 0 Å². The molecule has 1 aromatic carbocycles. The van der Waals surface area contributed by atoms with E-state index >= 15 is 0 Å². The average Bonchev–Trinajstić information content (AvgIpc) is 2.43. The summed E-state index contributed by atoms with van der Waals surface area (Å²) in [4.78, 5) is 8.34. The van der Waals surface area contributed by atoms with Gasteiger partial charge in [-0.3, -0.25) is 0 Å². The highest BCUT2D eigenvalue weighted by atomic mass is 19.1. The lowest BCUT2D eigenvalue weighted by molar-refractivity contribution is 0.527. The Morgan fingerprint density at radius 2 is 2.05 bits per heavy atom. The summed E-state index contributed by atoms with van der Waals surface area (Å²) in [6, 6.07) is 4.69. The normalized spacial score (nSPS) is 12.4. The number of aromatic nitrogens is 2. The van der Waals surface area contributed by atoms with Crippen molar-refractivity contribution in [2.24, 2.45) is 0 Å². The first-order chi connectivity index (χ1) is 9.61. The van der Waals surface area contributed by atoms with Crippen LogP contribution in [0.25, 0.3) is 0 Å². The van der Waals surface area contributed by atoms with Crippen LogP contribution in [-0.4, -0.2) is 16.5 Å². The van der Waals surface area contributed by atoms with Gasteiger partial charge in [0.05, 0.1) is 11.7 Å². The average molecular weight is 277 g/mol. The van der Waals surface area contributed by atoms with Crippen LogP contribution in [0, 0.1) is 18.6 Å². The molecule has 0 aliphatic heterocycles. The smallest absolute Gasteiger partial charge is 0.128 e. The Morgan fingerprint density at radius 1 is 1.25 bits per heavy atom. The maximum absolute atomic E-state index is 14.0. The number of benzene rings is 1. The maximum Gasteiger partial charge on any atom is 0.128 e. The molecule has 0 aliphatic carbocycles. The van der Waals surface area contributed by atoms with E-state index in [1.807, 2.05) is 6.92 Å². The number of hydrogen-bond acceptors (Lipinski definition) is 3. The summed E-state index contributed by atoms with van der Waals surface area (Å²) >= 11 is 0. The van der Waals surface area contributed by atoms with Gasteiger partial charge in [-0.25, -0.2) is 18.7 Å². The minimum absolute atomic E-state index is 0.261. The summed E-state index contributed by atoms with van der Waals surface area (Å²) in [6.45, 7) is 4.46. The predicted molar refractivity (Wildman–Crippen MR) is 73.3 cm³/mol. The van der Waals surface area contributed by atoms with Gasteiger partial charge in [0.15, 0.2) is 0 Å². The van der Waals surface area contributed by atoms with Crippen molar-refractivity contribution in [3.05, 3.63) is 59.2 Å². The number of hydrogen-bond donors (Lipinski definition) is 1. The largest absolute Gasteiger partial charge is 0.305 e. The zero-order valence-corrected chi connectivity index (χ0v) is 11.5. The fourth-order valence-electron chi connectivity index (χ4n) is 2.03. The molecule has 2 aromatic rings. The zero-order valence-electron chi connectivity index (χ0n) is 11.5. The van der Waals surface area contributed by atoms with Gasteiger partial charge in [-0.15, -0.1) is 0 Å². The second-order valence-electron chi connectivity index (χ2n) is 4.58. The van der Waals surface area contributed by atoms with E-state index in [1.54, 1.807) is 19.2 Å². The maximum atomic E-state index is 14.0. The van der Waals surface area contributed by atoms with Crippen molar-refractivity contribution in [1.29, 1.82) is 0 Å². The van der Waals surface area contributed by atoms with Crippen LogP contribution in [0.15, 0.2) is 30.5 Å². The van der Waals surface area contributed by atoms with Crippen molar-refractivity contribution in [3.8, 4) is 0 Å². The Morgan fingerprint density at radius 3 is 2.75 bits per heavy atom. The van der Waals surface area contributed by atoms with E-state index < -0.39 is 17.7 Å². The van der Waals surface area contributed by atoms with Gasteiger partial charge in [-0.2, -0.15) is 0 Å². The molecule has 0 radical (unpaired) electrons. The van der Waals surface area contributed by atoms with Gasteiger partial charge in [0.25, 0.3) is 0 Å². The summed E-state index contributed by atoms with van der Waals surface area (Å²) in [5, 5.41) is 3.20. The summed E-state index contributed by atoms with van der Waals surface area (Å²) < 4.78 is 27.4. The Labute approximate surface area is 117 Å². The molecule has 0 spiro atoms. The van der Waals surface area contributed by atoms with E-state index in [9.17, 15) is 8.78 Å². The molecular formula is C15H17F2N3. The summed E-state index contributed by atoms with van der Waals surface area (Å²) in [5.41, 5.74) is 0.895. The monoisotopic (exact) mass is 277 g/mol. The quantitative estimate of drug-likeness (QED) is 0.912.